The fraction of sp³-hybridized carbons (Fsp3) is 0.455. The van der Waals surface area contributed by atoms with Gasteiger partial charge in [-0.3, -0.25) is 0 Å². The number of alkyl halides is 1. The molecule has 1 N–H and O–H groups in total. The minimum Gasteiger partial charge on any atom is -0.394 e. The van der Waals surface area contributed by atoms with Crippen molar-refractivity contribution in [3.8, 4) is 0 Å². The van der Waals surface area contributed by atoms with E-state index >= 15 is 0 Å². The molecule has 0 bridgehead atoms. The highest BCUT2D eigenvalue weighted by Gasteiger charge is 2.42. The highest BCUT2D eigenvalue weighted by molar-refractivity contribution is 9.09. The number of aliphatic hydroxyl groups is 1. The molecule has 1 aliphatic rings. The molecule has 0 radical (unpaired) electrons. The molecule has 0 aromatic heterocycles. The first-order valence-electron chi connectivity index (χ1n) is 4.95. The lowest BCUT2D eigenvalue weighted by atomic mass is 10.1. The van der Waals surface area contributed by atoms with Crippen molar-refractivity contribution < 1.29 is 14.6 Å². The van der Waals surface area contributed by atoms with E-state index < -0.39 is 5.79 Å². The number of rotatable bonds is 3. The highest BCUT2D eigenvalue weighted by Crippen LogP contribution is 2.36. The van der Waals surface area contributed by atoms with Crippen LogP contribution in [0, 0.1) is 0 Å². The zero-order chi connectivity index (χ0) is 11.6. The number of hydrogen-bond donors (Lipinski definition) is 1. The molecule has 0 amide bonds. The second kappa shape index (κ2) is 5.02. The fourth-order valence-electron chi connectivity index (χ4n) is 1.68. The summed E-state index contributed by atoms with van der Waals surface area (Å²) in [5.74, 6) is -0.835. The number of benzene rings is 1. The standard InChI is InChI=1S/C11H12BrClO3/c12-7-11(15-6-10(5-14)16-11)8-2-1-3-9(13)4-8/h1-4,10,14H,5-7H2. The van der Waals surface area contributed by atoms with E-state index in [-0.39, 0.29) is 12.7 Å². The SMILES string of the molecule is OCC1COC(CBr)(c2cccc(Cl)c2)O1. The lowest BCUT2D eigenvalue weighted by molar-refractivity contribution is -0.160. The second-order valence-electron chi connectivity index (χ2n) is 3.63. The summed E-state index contributed by atoms with van der Waals surface area (Å²) in [4.78, 5) is 0. The van der Waals surface area contributed by atoms with E-state index in [1.165, 1.54) is 0 Å². The zero-order valence-corrected chi connectivity index (χ0v) is 10.9. The molecule has 88 valence electrons. The topological polar surface area (TPSA) is 38.7 Å². The van der Waals surface area contributed by atoms with Gasteiger partial charge in [0, 0.05) is 10.6 Å². The molecule has 0 saturated carbocycles. The summed E-state index contributed by atoms with van der Waals surface area (Å²) in [6.45, 7) is 0.337. The summed E-state index contributed by atoms with van der Waals surface area (Å²) >= 11 is 9.31. The lowest BCUT2D eigenvalue weighted by Gasteiger charge is -2.26. The maximum atomic E-state index is 9.05. The summed E-state index contributed by atoms with van der Waals surface area (Å²) in [7, 11) is 0. The monoisotopic (exact) mass is 306 g/mol. The zero-order valence-electron chi connectivity index (χ0n) is 8.53. The molecule has 0 spiro atoms. The molecule has 16 heavy (non-hydrogen) atoms. The van der Waals surface area contributed by atoms with Crippen molar-refractivity contribution in [1.82, 2.24) is 0 Å². The number of hydrogen-bond acceptors (Lipinski definition) is 3. The molecule has 5 heteroatoms. The predicted molar refractivity (Wildman–Crippen MR) is 64.8 cm³/mol. The Labute approximate surface area is 107 Å². The molecule has 1 aromatic rings. The van der Waals surface area contributed by atoms with Gasteiger partial charge in [-0.25, -0.2) is 0 Å². The van der Waals surface area contributed by atoms with Crippen LogP contribution in [0.5, 0.6) is 0 Å². The summed E-state index contributed by atoms with van der Waals surface area (Å²) in [6, 6.07) is 7.35. The third-order valence-corrected chi connectivity index (χ3v) is 3.48. The van der Waals surface area contributed by atoms with Crippen molar-refractivity contribution >= 4 is 27.5 Å². The third-order valence-electron chi connectivity index (χ3n) is 2.50. The maximum Gasteiger partial charge on any atom is 0.205 e. The molecule has 1 fully saturated rings. The van der Waals surface area contributed by atoms with Crippen molar-refractivity contribution in [2.24, 2.45) is 0 Å². The van der Waals surface area contributed by atoms with Crippen molar-refractivity contribution in [2.75, 3.05) is 18.5 Å². The van der Waals surface area contributed by atoms with Crippen molar-refractivity contribution in [3.63, 3.8) is 0 Å². The van der Waals surface area contributed by atoms with Crippen molar-refractivity contribution in [1.29, 1.82) is 0 Å². The summed E-state index contributed by atoms with van der Waals surface area (Å²) in [6.07, 6.45) is -0.281. The fourth-order valence-corrected chi connectivity index (χ4v) is 2.49. The van der Waals surface area contributed by atoms with Gasteiger partial charge < -0.3 is 14.6 Å². The largest absolute Gasteiger partial charge is 0.394 e. The van der Waals surface area contributed by atoms with E-state index in [0.717, 1.165) is 5.56 Å². The van der Waals surface area contributed by atoms with Crippen LogP contribution in [0.4, 0.5) is 0 Å². The minimum atomic E-state index is -0.835. The summed E-state index contributed by atoms with van der Waals surface area (Å²) < 4.78 is 11.4. The van der Waals surface area contributed by atoms with E-state index in [0.29, 0.717) is 17.0 Å². The quantitative estimate of drug-likeness (QED) is 0.871. The molecule has 2 rings (SSSR count). The molecule has 1 aliphatic heterocycles. The Morgan fingerprint density at radius 3 is 2.94 bits per heavy atom. The molecular formula is C11H12BrClO3. The summed E-state index contributed by atoms with van der Waals surface area (Å²) in [5.41, 5.74) is 0.854. The van der Waals surface area contributed by atoms with Gasteiger partial charge in [-0.2, -0.15) is 0 Å². The van der Waals surface area contributed by atoms with Gasteiger partial charge in [0.05, 0.1) is 18.5 Å². The van der Waals surface area contributed by atoms with E-state index in [9.17, 15) is 0 Å². The molecule has 2 atom stereocenters. The maximum absolute atomic E-state index is 9.05. The first-order valence-corrected chi connectivity index (χ1v) is 6.45. The summed E-state index contributed by atoms with van der Waals surface area (Å²) in [5, 5.41) is 10.2. The average Bonchev–Trinajstić information content (AvgIpc) is 2.74. The smallest absolute Gasteiger partial charge is 0.205 e. The van der Waals surface area contributed by atoms with Crippen LogP contribution in [0.15, 0.2) is 24.3 Å². The Hall–Kier alpha value is -0.130. The van der Waals surface area contributed by atoms with Gasteiger partial charge in [0.1, 0.15) is 6.10 Å². The number of ether oxygens (including phenoxy) is 2. The van der Waals surface area contributed by atoms with Crippen LogP contribution in [0.1, 0.15) is 5.56 Å². The van der Waals surface area contributed by atoms with Crippen LogP contribution in [0.25, 0.3) is 0 Å². The van der Waals surface area contributed by atoms with Gasteiger partial charge in [-0.15, -0.1) is 0 Å². The van der Waals surface area contributed by atoms with Crippen LogP contribution < -0.4 is 0 Å². The van der Waals surface area contributed by atoms with Gasteiger partial charge in [-0.1, -0.05) is 39.7 Å². The molecule has 3 nitrogen and oxygen atoms in total. The first-order chi connectivity index (χ1) is 7.70. The Morgan fingerprint density at radius 2 is 2.38 bits per heavy atom. The molecule has 2 unspecified atom stereocenters. The van der Waals surface area contributed by atoms with Crippen LogP contribution in [-0.2, 0) is 15.3 Å². The van der Waals surface area contributed by atoms with Gasteiger partial charge in [-0.05, 0) is 12.1 Å². The van der Waals surface area contributed by atoms with Gasteiger partial charge in [0.15, 0.2) is 0 Å². The van der Waals surface area contributed by atoms with Gasteiger partial charge in [0.25, 0.3) is 0 Å². The van der Waals surface area contributed by atoms with Crippen LogP contribution in [0.3, 0.4) is 0 Å². The molecule has 1 heterocycles. The highest BCUT2D eigenvalue weighted by atomic mass is 79.9. The van der Waals surface area contributed by atoms with E-state index in [4.69, 9.17) is 26.2 Å². The first kappa shape index (κ1) is 12.3. The normalized spacial score (nSPS) is 29.6. The Balaban J connectivity index is 2.29. The van der Waals surface area contributed by atoms with Crippen molar-refractivity contribution in [2.45, 2.75) is 11.9 Å². The minimum absolute atomic E-state index is 0.0463. The lowest BCUT2D eigenvalue weighted by Crippen LogP contribution is -2.30. The third kappa shape index (κ3) is 2.26. The average molecular weight is 308 g/mol. The van der Waals surface area contributed by atoms with Gasteiger partial charge in [0.2, 0.25) is 5.79 Å². The van der Waals surface area contributed by atoms with Crippen LogP contribution >= 0.6 is 27.5 Å². The van der Waals surface area contributed by atoms with Crippen LogP contribution in [0.2, 0.25) is 5.02 Å². The van der Waals surface area contributed by atoms with Gasteiger partial charge >= 0.3 is 0 Å². The number of aliphatic hydroxyl groups excluding tert-OH is 1. The van der Waals surface area contributed by atoms with E-state index in [1.54, 1.807) is 6.07 Å². The van der Waals surface area contributed by atoms with Crippen molar-refractivity contribution in [3.05, 3.63) is 34.9 Å². The molecular weight excluding hydrogens is 295 g/mol. The predicted octanol–water partition coefficient (Wildman–Crippen LogP) is 2.30. The number of halogens is 2. The van der Waals surface area contributed by atoms with E-state index in [2.05, 4.69) is 15.9 Å². The second-order valence-corrected chi connectivity index (χ2v) is 4.63. The molecule has 1 saturated heterocycles. The Bertz CT molecular complexity index is 374. The Kier molecular flexibility index (Phi) is 3.87. The Morgan fingerprint density at radius 1 is 1.56 bits per heavy atom. The molecule has 1 aromatic carbocycles. The van der Waals surface area contributed by atoms with E-state index in [1.807, 2.05) is 18.2 Å². The van der Waals surface area contributed by atoms with Crippen LogP contribution in [-0.4, -0.2) is 29.8 Å². The molecule has 0 aliphatic carbocycles.